The maximum Gasteiger partial charge on any atom is 0.327 e. The summed E-state index contributed by atoms with van der Waals surface area (Å²) in [6.45, 7) is 0.212. The lowest BCUT2D eigenvalue weighted by Crippen LogP contribution is -2.44. The first-order chi connectivity index (χ1) is 7.91. The van der Waals surface area contributed by atoms with Crippen molar-refractivity contribution < 1.29 is 24.6 Å². The fourth-order valence-corrected chi connectivity index (χ4v) is 2.45. The summed E-state index contributed by atoms with van der Waals surface area (Å²) in [5.74, 6) is -2.56. The first-order valence-electron chi connectivity index (χ1n) is 4.99. The number of nitrogens with two attached hydrogens (primary N) is 1. The number of carboxylic acid groups (broad SMARTS) is 2. The van der Waals surface area contributed by atoms with E-state index in [2.05, 4.69) is 0 Å². The van der Waals surface area contributed by atoms with Crippen LogP contribution in [0.3, 0.4) is 0 Å². The number of amides is 1. The average Bonchev–Trinajstić information content (AvgIpc) is 2.51. The van der Waals surface area contributed by atoms with Crippen molar-refractivity contribution in [3.63, 3.8) is 0 Å². The lowest BCUT2D eigenvalue weighted by molar-refractivity contribution is -0.147. The number of thioether (sulfide) groups is 1. The molecule has 17 heavy (non-hydrogen) atoms. The molecule has 1 aliphatic heterocycles. The van der Waals surface area contributed by atoms with Crippen LogP contribution in [0.15, 0.2) is 0 Å². The number of carbonyl (C=O) groups excluding carboxylic acids is 1. The van der Waals surface area contributed by atoms with Gasteiger partial charge in [0.25, 0.3) is 0 Å². The van der Waals surface area contributed by atoms with E-state index in [1.165, 1.54) is 4.90 Å². The van der Waals surface area contributed by atoms with Gasteiger partial charge < -0.3 is 20.8 Å². The number of likely N-dealkylation sites (tertiary alicyclic amines) is 1. The molecule has 1 fully saturated rings. The molecule has 0 aliphatic carbocycles. The van der Waals surface area contributed by atoms with Crippen LogP contribution in [0.1, 0.15) is 6.42 Å². The highest BCUT2D eigenvalue weighted by Gasteiger charge is 2.36. The van der Waals surface area contributed by atoms with E-state index in [1.54, 1.807) is 0 Å². The Balaban J connectivity index is 2.57. The Hall–Kier alpha value is -1.28. The van der Waals surface area contributed by atoms with E-state index < -0.39 is 18.0 Å². The molecule has 0 aromatic heterocycles. The SMILES string of the molecule is NC1CC(=O)N([C@@H](CSCC(=O)O)C(=O)O)C1. The molecule has 1 saturated heterocycles. The summed E-state index contributed by atoms with van der Waals surface area (Å²) in [7, 11) is 0. The van der Waals surface area contributed by atoms with Crippen LogP contribution in [0.4, 0.5) is 0 Å². The highest BCUT2D eigenvalue weighted by Crippen LogP contribution is 2.17. The largest absolute Gasteiger partial charge is 0.481 e. The Morgan fingerprint density at radius 3 is 2.59 bits per heavy atom. The van der Waals surface area contributed by atoms with Crippen molar-refractivity contribution in [1.29, 1.82) is 0 Å². The zero-order chi connectivity index (χ0) is 13.0. The van der Waals surface area contributed by atoms with Crippen molar-refractivity contribution in [1.82, 2.24) is 4.90 Å². The molecule has 0 radical (unpaired) electrons. The smallest absolute Gasteiger partial charge is 0.327 e. The Morgan fingerprint density at radius 2 is 2.18 bits per heavy atom. The van der Waals surface area contributed by atoms with Gasteiger partial charge >= 0.3 is 11.9 Å². The molecule has 1 rings (SSSR count). The molecule has 0 spiro atoms. The van der Waals surface area contributed by atoms with Gasteiger partial charge in [-0.15, -0.1) is 11.8 Å². The van der Waals surface area contributed by atoms with Gasteiger partial charge in [-0.3, -0.25) is 9.59 Å². The molecule has 96 valence electrons. The maximum absolute atomic E-state index is 11.5. The number of aliphatic carboxylic acids is 2. The molecule has 4 N–H and O–H groups in total. The van der Waals surface area contributed by atoms with Gasteiger partial charge in [-0.2, -0.15) is 0 Å². The van der Waals surface area contributed by atoms with Crippen molar-refractivity contribution in [2.75, 3.05) is 18.1 Å². The van der Waals surface area contributed by atoms with Crippen LogP contribution in [-0.2, 0) is 14.4 Å². The highest BCUT2D eigenvalue weighted by atomic mass is 32.2. The molecule has 0 saturated carbocycles. The lowest BCUT2D eigenvalue weighted by Gasteiger charge is -2.23. The summed E-state index contributed by atoms with van der Waals surface area (Å²) in [6.07, 6.45) is 0.146. The standard InChI is InChI=1S/C9H14N2O5S/c10-5-1-7(12)11(2-5)6(9(15)16)3-17-4-8(13)14/h5-6H,1-4,10H2,(H,13,14)(H,15,16)/t5?,6-/m0/s1. The molecule has 2 atom stereocenters. The molecular weight excluding hydrogens is 248 g/mol. The second-order valence-electron chi connectivity index (χ2n) is 3.77. The van der Waals surface area contributed by atoms with E-state index in [-0.39, 0.29) is 36.4 Å². The van der Waals surface area contributed by atoms with E-state index in [0.29, 0.717) is 0 Å². The minimum atomic E-state index is -1.13. The van der Waals surface area contributed by atoms with Crippen LogP contribution >= 0.6 is 11.8 Å². The third-order valence-electron chi connectivity index (χ3n) is 2.35. The number of nitrogens with zero attached hydrogens (tertiary/aromatic N) is 1. The van der Waals surface area contributed by atoms with Gasteiger partial charge in [-0.1, -0.05) is 0 Å². The van der Waals surface area contributed by atoms with Gasteiger partial charge in [0.05, 0.1) is 5.75 Å². The Kier molecular flexibility index (Phi) is 4.76. The summed E-state index contributed by atoms with van der Waals surface area (Å²) in [5.41, 5.74) is 5.57. The van der Waals surface area contributed by atoms with E-state index in [1.807, 2.05) is 0 Å². The van der Waals surface area contributed by atoms with Crippen LogP contribution < -0.4 is 5.73 Å². The zero-order valence-electron chi connectivity index (χ0n) is 9.04. The summed E-state index contributed by atoms with van der Waals surface area (Å²) in [4.78, 5) is 34.0. The Labute approximate surface area is 102 Å². The van der Waals surface area contributed by atoms with Crippen molar-refractivity contribution in [2.24, 2.45) is 5.73 Å². The van der Waals surface area contributed by atoms with Gasteiger partial charge in [-0.25, -0.2) is 4.79 Å². The molecule has 0 bridgehead atoms. The predicted molar refractivity (Wildman–Crippen MR) is 60.7 cm³/mol. The number of hydrogen-bond donors (Lipinski definition) is 3. The zero-order valence-corrected chi connectivity index (χ0v) is 9.85. The van der Waals surface area contributed by atoms with Crippen molar-refractivity contribution >= 4 is 29.6 Å². The van der Waals surface area contributed by atoms with E-state index in [9.17, 15) is 14.4 Å². The van der Waals surface area contributed by atoms with Gasteiger partial charge in [-0.05, 0) is 0 Å². The van der Waals surface area contributed by atoms with Crippen molar-refractivity contribution in [3.8, 4) is 0 Å². The van der Waals surface area contributed by atoms with Gasteiger partial charge in [0.2, 0.25) is 5.91 Å². The molecule has 1 heterocycles. The Bertz CT molecular complexity index is 335. The van der Waals surface area contributed by atoms with Crippen LogP contribution in [0.25, 0.3) is 0 Å². The average molecular weight is 262 g/mol. The maximum atomic E-state index is 11.5. The second kappa shape index (κ2) is 5.87. The molecule has 0 aromatic rings. The highest BCUT2D eigenvalue weighted by molar-refractivity contribution is 8.00. The van der Waals surface area contributed by atoms with Gasteiger partial charge in [0.1, 0.15) is 6.04 Å². The third kappa shape index (κ3) is 3.90. The minimum Gasteiger partial charge on any atom is -0.481 e. The van der Waals surface area contributed by atoms with Crippen LogP contribution in [0.2, 0.25) is 0 Å². The van der Waals surface area contributed by atoms with Crippen molar-refractivity contribution in [2.45, 2.75) is 18.5 Å². The minimum absolute atomic E-state index is 0.0556. The van der Waals surface area contributed by atoms with E-state index in [0.717, 1.165) is 11.8 Å². The fraction of sp³-hybridized carbons (Fsp3) is 0.667. The summed E-state index contributed by atoms with van der Waals surface area (Å²) >= 11 is 0.973. The monoisotopic (exact) mass is 262 g/mol. The number of rotatable bonds is 6. The molecule has 1 unspecified atom stereocenters. The first-order valence-corrected chi connectivity index (χ1v) is 6.14. The number of carboxylic acids is 2. The molecular formula is C9H14N2O5S. The van der Waals surface area contributed by atoms with Crippen LogP contribution in [-0.4, -0.2) is 63.1 Å². The molecule has 7 nitrogen and oxygen atoms in total. The second-order valence-corrected chi connectivity index (χ2v) is 4.80. The summed E-state index contributed by atoms with van der Waals surface area (Å²) in [6, 6.07) is -1.34. The van der Waals surface area contributed by atoms with E-state index >= 15 is 0 Å². The van der Waals surface area contributed by atoms with E-state index in [4.69, 9.17) is 15.9 Å². The lowest BCUT2D eigenvalue weighted by atomic mass is 10.3. The molecule has 1 amide bonds. The Morgan fingerprint density at radius 1 is 1.53 bits per heavy atom. The molecule has 1 aliphatic rings. The number of hydrogen-bond acceptors (Lipinski definition) is 5. The topological polar surface area (TPSA) is 121 Å². The molecule has 8 heteroatoms. The van der Waals surface area contributed by atoms with Gasteiger partial charge in [0, 0.05) is 24.8 Å². The van der Waals surface area contributed by atoms with Crippen molar-refractivity contribution in [3.05, 3.63) is 0 Å². The quantitative estimate of drug-likeness (QED) is 0.550. The summed E-state index contributed by atoms with van der Waals surface area (Å²) < 4.78 is 0. The summed E-state index contributed by atoms with van der Waals surface area (Å²) in [5, 5.41) is 17.5. The molecule has 0 aromatic carbocycles. The van der Waals surface area contributed by atoms with Gasteiger partial charge in [0.15, 0.2) is 0 Å². The first kappa shape index (κ1) is 13.8. The predicted octanol–water partition coefficient (Wildman–Crippen LogP) is -1.18. The van der Waals surface area contributed by atoms with Crippen LogP contribution in [0, 0.1) is 0 Å². The third-order valence-corrected chi connectivity index (χ3v) is 3.35. The van der Waals surface area contributed by atoms with Crippen LogP contribution in [0.5, 0.6) is 0 Å². The normalized spacial score (nSPS) is 21.6. The number of carbonyl (C=O) groups is 3. The fourth-order valence-electron chi connectivity index (χ4n) is 1.61.